The summed E-state index contributed by atoms with van der Waals surface area (Å²) in [6.07, 6.45) is -0.408. The molecule has 0 aromatic heterocycles. The Kier molecular flexibility index (Phi) is 12.7. The van der Waals surface area contributed by atoms with Crippen molar-refractivity contribution < 1.29 is 32.8 Å². The first-order valence-electron chi connectivity index (χ1n) is 13.2. The Balaban J connectivity index is 2.25. The van der Waals surface area contributed by atoms with Gasteiger partial charge in [0.15, 0.2) is 0 Å². The van der Waals surface area contributed by atoms with Gasteiger partial charge in [0, 0.05) is 41.5 Å². The van der Waals surface area contributed by atoms with Crippen LogP contribution in [0.5, 0.6) is 0 Å². The molecule has 0 aliphatic carbocycles. The number of aryl methyl sites for hydroxylation is 1. The van der Waals surface area contributed by atoms with Gasteiger partial charge in [-0.2, -0.15) is 0 Å². The van der Waals surface area contributed by atoms with E-state index in [2.05, 4.69) is 16.0 Å². The number of amides is 2. The SMILES string of the molecule is CCc1cccc(CNC[C@H](O)[C@H](Cc2cc(F)cc(F)c2)NC(=O)[C@@H](CC(S(C)=O)C(C)(C)C)NC(=O)O)c1. The average Bonchev–Trinajstić information content (AvgIpc) is 2.84. The van der Waals surface area contributed by atoms with Gasteiger partial charge < -0.3 is 26.2 Å². The Morgan fingerprint density at radius 2 is 1.62 bits per heavy atom. The van der Waals surface area contributed by atoms with Crippen molar-refractivity contribution in [2.24, 2.45) is 5.41 Å². The first-order chi connectivity index (χ1) is 18.7. The summed E-state index contributed by atoms with van der Waals surface area (Å²) >= 11 is 0. The summed E-state index contributed by atoms with van der Waals surface area (Å²) in [5.74, 6) is -2.33. The highest BCUT2D eigenvalue weighted by Crippen LogP contribution is 2.27. The van der Waals surface area contributed by atoms with E-state index in [-0.39, 0.29) is 24.9 Å². The molecule has 2 aromatic rings. The van der Waals surface area contributed by atoms with Crippen molar-refractivity contribution in [1.29, 1.82) is 0 Å². The van der Waals surface area contributed by atoms with Crippen molar-refractivity contribution in [2.45, 2.75) is 76.9 Å². The van der Waals surface area contributed by atoms with E-state index in [0.29, 0.717) is 6.54 Å². The van der Waals surface area contributed by atoms with E-state index >= 15 is 0 Å². The summed E-state index contributed by atoms with van der Waals surface area (Å²) in [5, 5.41) is 27.9. The lowest BCUT2D eigenvalue weighted by Crippen LogP contribution is -2.56. The van der Waals surface area contributed by atoms with Crippen LogP contribution >= 0.6 is 0 Å². The molecule has 11 heteroatoms. The van der Waals surface area contributed by atoms with Gasteiger partial charge in [0.2, 0.25) is 5.91 Å². The number of aliphatic hydroxyl groups is 1. The number of carbonyl (C=O) groups is 2. The number of carboxylic acid groups (broad SMARTS) is 1. The third-order valence-electron chi connectivity index (χ3n) is 6.68. The molecule has 0 saturated carbocycles. The van der Waals surface area contributed by atoms with Crippen molar-refractivity contribution in [2.75, 3.05) is 12.8 Å². The van der Waals surface area contributed by atoms with Crippen molar-refractivity contribution in [3.05, 3.63) is 70.8 Å². The standard InChI is InChI=1S/C29H41F2N3O5S/c1-6-18-8-7-9-19(10-18)16-32-17-25(35)23(13-20-11-21(30)14-22(31)12-20)33-27(36)24(34-28(37)38)15-26(40(5)39)29(2,3)4/h7-12,14,23-26,32,34-35H,6,13,15-17H2,1-5H3,(H,33,36)(H,37,38)/t23-,24+,25-,26?,40?/m0/s1. The molecule has 0 heterocycles. The number of carbonyl (C=O) groups excluding carboxylic acids is 1. The number of rotatable bonds is 14. The summed E-state index contributed by atoms with van der Waals surface area (Å²) in [5.41, 5.74) is 1.89. The second-order valence-electron chi connectivity index (χ2n) is 11.1. The fraction of sp³-hybridized carbons (Fsp3) is 0.517. The second-order valence-corrected chi connectivity index (χ2v) is 12.6. The minimum atomic E-state index is -1.44. The van der Waals surface area contributed by atoms with Gasteiger partial charge >= 0.3 is 6.09 Å². The van der Waals surface area contributed by atoms with Crippen LogP contribution in [0.15, 0.2) is 42.5 Å². The fourth-order valence-corrected chi connectivity index (χ4v) is 6.06. The van der Waals surface area contributed by atoms with Crippen LogP contribution in [0.3, 0.4) is 0 Å². The molecule has 2 aromatic carbocycles. The number of nitrogens with one attached hydrogen (secondary N) is 3. The quantitative estimate of drug-likeness (QED) is 0.232. The number of benzene rings is 2. The predicted octanol–water partition coefficient (Wildman–Crippen LogP) is 3.52. The van der Waals surface area contributed by atoms with Crippen LogP contribution in [0.4, 0.5) is 13.6 Å². The van der Waals surface area contributed by atoms with Gasteiger partial charge in [0.05, 0.1) is 12.1 Å². The highest BCUT2D eigenvalue weighted by atomic mass is 32.2. The van der Waals surface area contributed by atoms with Crippen LogP contribution < -0.4 is 16.0 Å². The molecule has 0 aliphatic rings. The van der Waals surface area contributed by atoms with Crippen LogP contribution in [0.25, 0.3) is 0 Å². The Bertz CT molecular complexity index is 1150. The molecule has 0 radical (unpaired) electrons. The zero-order valence-electron chi connectivity index (χ0n) is 23.7. The summed E-state index contributed by atoms with van der Waals surface area (Å²) in [4.78, 5) is 24.9. The first-order valence-corrected chi connectivity index (χ1v) is 14.8. The molecule has 8 nitrogen and oxygen atoms in total. The smallest absolute Gasteiger partial charge is 0.405 e. The summed E-state index contributed by atoms with van der Waals surface area (Å²) in [6.45, 7) is 8.08. The van der Waals surface area contributed by atoms with E-state index in [1.165, 1.54) is 6.26 Å². The monoisotopic (exact) mass is 581 g/mol. The summed E-state index contributed by atoms with van der Waals surface area (Å²) in [6, 6.07) is 8.61. The average molecular weight is 582 g/mol. The molecular formula is C29H41F2N3O5S. The van der Waals surface area contributed by atoms with E-state index in [1.807, 2.05) is 52.0 Å². The minimum Gasteiger partial charge on any atom is -0.465 e. The van der Waals surface area contributed by atoms with Gasteiger partial charge in [-0.15, -0.1) is 0 Å². The van der Waals surface area contributed by atoms with Crippen LogP contribution in [-0.4, -0.2) is 62.7 Å². The van der Waals surface area contributed by atoms with Crippen LogP contribution in [0.2, 0.25) is 0 Å². The first kappa shape index (κ1) is 33.3. The predicted molar refractivity (Wildman–Crippen MR) is 152 cm³/mol. The Morgan fingerprint density at radius 1 is 1.00 bits per heavy atom. The van der Waals surface area contributed by atoms with Crippen molar-refractivity contribution in [1.82, 2.24) is 16.0 Å². The normalized spacial score (nSPS) is 15.5. The number of hydrogen-bond donors (Lipinski definition) is 5. The largest absolute Gasteiger partial charge is 0.465 e. The summed E-state index contributed by atoms with van der Waals surface area (Å²) < 4.78 is 40.2. The maximum absolute atomic E-state index is 13.9. The van der Waals surface area contributed by atoms with Gasteiger partial charge in [-0.3, -0.25) is 9.00 Å². The van der Waals surface area contributed by atoms with Gasteiger partial charge in [-0.05, 0) is 53.5 Å². The number of hydrogen-bond acceptors (Lipinski definition) is 5. The Hall–Kier alpha value is -2.89. The zero-order chi connectivity index (χ0) is 30.0. The second kappa shape index (κ2) is 15.2. The van der Waals surface area contributed by atoms with E-state index in [4.69, 9.17) is 0 Å². The molecule has 222 valence electrons. The van der Waals surface area contributed by atoms with Gasteiger partial charge in [-0.25, -0.2) is 13.6 Å². The molecule has 2 rings (SSSR count). The fourth-order valence-electron chi connectivity index (χ4n) is 4.60. The van der Waals surface area contributed by atoms with Crippen LogP contribution in [0.1, 0.15) is 50.8 Å². The minimum absolute atomic E-state index is 0.0414. The maximum Gasteiger partial charge on any atom is 0.405 e. The van der Waals surface area contributed by atoms with E-state index in [1.54, 1.807) is 0 Å². The molecule has 40 heavy (non-hydrogen) atoms. The molecule has 2 unspecified atom stereocenters. The lowest BCUT2D eigenvalue weighted by molar-refractivity contribution is -0.124. The highest BCUT2D eigenvalue weighted by molar-refractivity contribution is 7.84. The Morgan fingerprint density at radius 3 is 2.17 bits per heavy atom. The highest BCUT2D eigenvalue weighted by Gasteiger charge is 2.35. The summed E-state index contributed by atoms with van der Waals surface area (Å²) in [7, 11) is -1.36. The van der Waals surface area contributed by atoms with Gasteiger partial charge in [0.1, 0.15) is 17.7 Å². The Labute approximate surface area is 237 Å². The molecule has 0 fully saturated rings. The lowest BCUT2D eigenvalue weighted by atomic mass is 9.87. The molecular weight excluding hydrogens is 540 g/mol. The van der Waals surface area contributed by atoms with E-state index in [0.717, 1.165) is 35.7 Å². The van der Waals surface area contributed by atoms with Gasteiger partial charge in [0.25, 0.3) is 0 Å². The van der Waals surface area contributed by atoms with Crippen molar-refractivity contribution >= 4 is 22.8 Å². The third-order valence-corrected chi connectivity index (χ3v) is 8.38. The zero-order valence-corrected chi connectivity index (χ0v) is 24.5. The molecule has 0 aliphatic heterocycles. The molecule has 0 spiro atoms. The van der Waals surface area contributed by atoms with Gasteiger partial charge in [-0.1, -0.05) is 52.0 Å². The maximum atomic E-state index is 13.9. The molecule has 0 bridgehead atoms. The number of aliphatic hydroxyl groups excluding tert-OH is 1. The van der Waals surface area contributed by atoms with E-state index < -0.39 is 63.3 Å². The lowest BCUT2D eigenvalue weighted by Gasteiger charge is -2.32. The molecule has 2 amide bonds. The van der Waals surface area contributed by atoms with Crippen LogP contribution in [0, 0.1) is 17.0 Å². The van der Waals surface area contributed by atoms with Crippen LogP contribution in [-0.2, 0) is 35.0 Å². The van der Waals surface area contributed by atoms with Crippen molar-refractivity contribution in [3.8, 4) is 0 Å². The number of halogens is 2. The molecule has 5 atom stereocenters. The molecule has 0 saturated heterocycles. The van der Waals surface area contributed by atoms with Crippen molar-refractivity contribution in [3.63, 3.8) is 0 Å². The molecule has 5 N–H and O–H groups in total. The topological polar surface area (TPSA) is 128 Å². The van der Waals surface area contributed by atoms with E-state index in [9.17, 15) is 32.8 Å². The third kappa shape index (κ3) is 10.9.